The normalized spacial score (nSPS) is 11.5. The zero-order chi connectivity index (χ0) is 21.4. The Hall–Kier alpha value is -2.84. The summed E-state index contributed by atoms with van der Waals surface area (Å²) in [6, 6.07) is 3.93. The number of hydrogen-bond donors (Lipinski definition) is 1. The molecule has 0 saturated carbocycles. The highest BCUT2D eigenvalue weighted by Crippen LogP contribution is 2.24. The van der Waals surface area contributed by atoms with Crippen molar-refractivity contribution in [3.05, 3.63) is 68.2 Å². The van der Waals surface area contributed by atoms with Gasteiger partial charge in [-0.05, 0) is 43.5 Å². The molecular formula is C20H21Cl2N7O. The number of nitrogens with two attached hydrogens (primary N) is 1. The number of imidazole rings is 1. The third kappa shape index (κ3) is 3.68. The lowest BCUT2D eigenvalue weighted by atomic mass is 10.1. The summed E-state index contributed by atoms with van der Waals surface area (Å²) in [5.74, 6) is 0.0114. The molecule has 2 N–H and O–H groups in total. The van der Waals surface area contributed by atoms with Gasteiger partial charge in [-0.1, -0.05) is 23.2 Å². The van der Waals surface area contributed by atoms with Gasteiger partial charge >= 0.3 is 5.69 Å². The fourth-order valence-electron chi connectivity index (χ4n) is 3.52. The average Bonchev–Trinajstić information content (AvgIpc) is 3.30. The van der Waals surface area contributed by atoms with Crippen LogP contribution in [0.1, 0.15) is 23.2 Å². The van der Waals surface area contributed by atoms with Crippen LogP contribution in [0, 0.1) is 13.8 Å². The Balaban J connectivity index is 1.77. The monoisotopic (exact) mass is 445 g/mol. The SMILES string of the molecule is Cc1cnc(Cn2c(=O)n(CCCn3cccc3)c3c(Cl)nc(N)nc32)c(C)c1Cl. The first-order valence-electron chi connectivity index (χ1n) is 9.50. The molecule has 8 nitrogen and oxygen atoms in total. The van der Waals surface area contributed by atoms with E-state index in [0.717, 1.165) is 24.1 Å². The predicted octanol–water partition coefficient (Wildman–Crippen LogP) is 3.43. The first-order chi connectivity index (χ1) is 14.4. The van der Waals surface area contributed by atoms with Crippen LogP contribution >= 0.6 is 23.2 Å². The van der Waals surface area contributed by atoms with Gasteiger partial charge in [0.25, 0.3) is 0 Å². The Kier molecular flexibility index (Phi) is 5.53. The van der Waals surface area contributed by atoms with E-state index in [-0.39, 0.29) is 23.3 Å². The van der Waals surface area contributed by atoms with Crippen molar-refractivity contribution in [2.24, 2.45) is 0 Å². The maximum absolute atomic E-state index is 13.3. The van der Waals surface area contributed by atoms with Crippen LogP contribution in [0.4, 0.5) is 5.95 Å². The maximum atomic E-state index is 13.3. The van der Waals surface area contributed by atoms with Crippen LogP contribution in [0.15, 0.2) is 35.5 Å². The number of halogens is 2. The molecular weight excluding hydrogens is 425 g/mol. The standard InChI is InChI=1S/C20H21Cl2N7O/c1-12-10-24-14(13(2)15(12)21)11-29-18-16(17(22)25-19(23)26-18)28(20(29)30)9-5-8-27-6-3-4-7-27/h3-4,6-7,10H,5,8-9,11H2,1-2H3,(H2,23,25,26). The van der Waals surface area contributed by atoms with E-state index in [1.165, 1.54) is 4.57 Å². The van der Waals surface area contributed by atoms with Crippen LogP contribution in [0.2, 0.25) is 10.2 Å². The number of rotatable bonds is 6. The lowest BCUT2D eigenvalue weighted by molar-refractivity contribution is 0.553. The smallest absolute Gasteiger partial charge is 0.330 e. The van der Waals surface area contributed by atoms with E-state index in [0.29, 0.717) is 28.4 Å². The van der Waals surface area contributed by atoms with E-state index in [9.17, 15) is 4.79 Å². The molecule has 0 bridgehead atoms. The maximum Gasteiger partial charge on any atom is 0.330 e. The summed E-state index contributed by atoms with van der Waals surface area (Å²) in [5, 5.41) is 0.789. The van der Waals surface area contributed by atoms with E-state index in [2.05, 4.69) is 19.5 Å². The van der Waals surface area contributed by atoms with Crippen molar-refractivity contribution < 1.29 is 0 Å². The molecule has 4 rings (SSSR count). The molecule has 0 saturated heterocycles. The molecule has 0 atom stereocenters. The van der Waals surface area contributed by atoms with Gasteiger partial charge in [0.2, 0.25) is 5.95 Å². The average molecular weight is 446 g/mol. The molecule has 156 valence electrons. The molecule has 4 aromatic heterocycles. The third-order valence-electron chi connectivity index (χ3n) is 5.12. The molecule has 30 heavy (non-hydrogen) atoms. The zero-order valence-corrected chi connectivity index (χ0v) is 18.2. The summed E-state index contributed by atoms with van der Waals surface area (Å²) < 4.78 is 5.18. The van der Waals surface area contributed by atoms with Crippen LogP contribution < -0.4 is 11.4 Å². The van der Waals surface area contributed by atoms with E-state index in [1.807, 2.05) is 38.4 Å². The lowest BCUT2D eigenvalue weighted by Crippen LogP contribution is -2.26. The number of aryl methyl sites for hydroxylation is 3. The Labute approximate surface area is 182 Å². The van der Waals surface area contributed by atoms with Crippen molar-refractivity contribution in [3.8, 4) is 0 Å². The second-order valence-corrected chi connectivity index (χ2v) is 7.90. The summed E-state index contributed by atoms with van der Waals surface area (Å²) in [6.45, 7) is 5.22. The van der Waals surface area contributed by atoms with Gasteiger partial charge in [-0.3, -0.25) is 14.1 Å². The van der Waals surface area contributed by atoms with Crippen LogP contribution in [0.25, 0.3) is 11.2 Å². The molecule has 0 unspecified atom stereocenters. The van der Waals surface area contributed by atoms with Crippen molar-refractivity contribution in [2.45, 2.75) is 39.9 Å². The van der Waals surface area contributed by atoms with Crippen LogP contribution in [-0.4, -0.2) is 28.7 Å². The molecule has 4 aromatic rings. The number of anilines is 1. The second-order valence-electron chi connectivity index (χ2n) is 7.17. The molecule has 0 aliphatic carbocycles. The first kappa shape index (κ1) is 20.4. The molecule has 0 aliphatic heterocycles. The summed E-state index contributed by atoms with van der Waals surface area (Å²) >= 11 is 12.7. The van der Waals surface area contributed by atoms with Crippen molar-refractivity contribution in [2.75, 3.05) is 5.73 Å². The van der Waals surface area contributed by atoms with Gasteiger partial charge in [0, 0.05) is 36.7 Å². The van der Waals surface area contributed by atoms with Crippen molar-refractivity contribution in [1.82, 2.24) is 28.7 Å². The van der Waals surface area contributed by atoms with Crippen LogP contribution in [0.3, 0.4) is 0 Å². The Morgan fingerprint density at radius 2 is 1.80 bits per heavy atom. The molecule has 4 heterocycles. The van der Waals surface area contributed by atoms with Gasteiger partial charge in [0.1, 0.15) is 5.52 Å². The minimum absolute atomic E-state index is 0.0114. The molecule has 0 amide bonds. The van der Waals surface area contributed by atoms with Gasteiger partial charge in [0.15, 0.2) is 10.8 Å². The summed E-state index contributed by atoms with van der Waals surface area (Å²) in [6.07, 6.45) is 6.40. The number of aromatic nitrogens is 6. The van der Waals surface area contributed by atoms with Gasteiger partial charge in [-0.2, -0.15) is 9.97 Å². The largest absolute Gasteiger partial charge is 0.368 e. The highest BCUT2D eigenvalue weighted by atomic mass is 35.5. The fourth-order valence-corrected chi connectivity index (χ4v) is 3.96. The Morgan fingerprint density at radius 1 is 1.07 bits per heavy atom. The second kappa shape index (κ2) is 8.12. The highest BCUT2D eigenvalue weighted by Gasteiger charge is 2.20. The van der Waals surface area contributed by atoms with Crippen molar-refractivity contribution in [1.29, 1.82) is 0 Å². The number of fused-ring (bicyclic) bond motifs is 1. The first-order valence-corrected chi connectivity index (χ1v) is 10.3. The van der Waals surface area contributed by atoms with Gasteiger partial charge in [0.05, 0.1) is 12.2 Å². The van der Waals surface area contributed by atoms with E-state index < -0.39 is 0 Å². The van der Waals surface area contributed by atoms with Gasteiger partial charge in [-0.15, -0.1) is 0 Å². The van der Waals surface area contributed by atoms with Crippen LogP contribution in [-0.2, 0) is 19.6 Å². The zero-order valence-electron chi connectivity index (χ0n) is 16.6. The molecule has 10 heteroatoms. The number of nitrogen functional groups attached to an aromatic ring is 1. The van der Waals surface area contributed by atoms with Gasteiger partial charge in [-0.25, -0.2) is 4.79 Å². The molecule has 0 aliphatic rings. The number of nitrogens with zero attached hydrogens (tertiary/aromatic N) is 6. The van der Waals surface area contributed by atoms with E-state index in [1.54, 1.807) is 10.8 Å². The highest BCUT2D eigenvalue weighted by molar-refractivity contribution is 6.33. The van der Waals surface area contributed by atoms with E-state index in [4.69, 9.17) is 28.9 Å². The summed E-state index contributed by atoms with van der Waals surface area (Å²) in [4.78, 5) is 26.1. The number of pyridine rings is 1. The minimum Gasteiger partial charge on any atom is -0.368 e. The Bertz CT molecular complexity index is 1280. The van der Waals surface area contributed by atoms with Crippen LogP contribution in [0.5, 0.6) is 0 Å². The van der Waals surface area contributed by atoms with Crippen molar-refractivity contribution in [3.63, 3.8) is 0 Å². The molecule has 0 aromatic carbocycles. The summed E-state index contributed by atoms with van der Waals surface area (Å²) in [7, 11) is 0. The molecule has 0 radical (unpaired) electrons. The lowest BCUT2D eigenvalue weighted by Gasteiger charge is -2.09. The molecule has 0 spiro atoms. The predicted molar refractivity (Wildman–Crippen MR) is 118 cm³/mol. The van der Waals surface area contributed by atoms with Gasteiger partial charge < -0.3 is 10.3 Å². The molecule has 0 fully saturated rings. The van der Waals surface area contributed by atoms with E-state index >= 15 is 0 Å². The fraction of sp³-hybridized carbons (Fsp3) is 0.300. The summed E-state index contributed by atoms with van der Waals surface area (Å²) in [5.41, 5.74) is 8.82. The minimum atomic E-state index is -0.239. The number of hydrogen-bond acceptors (Lipinski definition) is 5. The Morgan fingerprint density at radius 3 is 2.53 bits per heavy atom. The third-order valence-corrected chi connectivity index (χ3v) is 5.97. The quantitative estimate of drug-likeness (QED) is 0.458. The van der Waals surface area contributed by atoms with Crippen molar-refractivity contribution >= 4 is 40.3 Å². The topological polar surface area (TPSA) is 96.5 Å².